The molecule has 0 unspecified atom stereocenters. The summed E-state index contributed by atoms with van der Waals surface area (Å²) in [4.78, 5) is 12.6. The Morgan fingerprint density at radius 2 is 1.69 bits per heavy atom. The smallest absolute Gasteiger partial charge is 0.240 e. The van der Waals surface area contributed by atoms with Crippen molar-refractivity contribution in [2.75, 3.05) is 17.1 Å². The highest BCUT2D eigenvalue weighted by Gasteiger charge is 2.28. The van der Waals surface area contributed by atoms with Crippen molar-refractivity contribution in [3.8, 4) is 0 Å². The Labute approximate surface area is 158 Å². The van der Waals surface area contributed by atoms with Gasteiger partial charge in [-0.15, -0.1) is 0 Å². The number of nitrogens with zero attached hydrogens (tertiary/aromatic N) is 1. The molecule has 1 aliphatic carbocycles. The van der Waals surface area contributed by atoms with Gasteiger partial charge in [0.15, 0.2) is 0 Å². The van der Waals surface area contributed by atoms with E-state index in [0.717, 1.165) is 37.5 Å². The number of anilines is 1. The minimum absolute atomic E-state index is 0.157. The van der Waals surface area contributed by atoms with Gasteiger partial charge in [0.25, 0.3) is 0 Å². The third kappa shape index (κ3) is 5.73. The monoisotopic (exact) mass is 380 g/mol. The van der Waals surface area contributed by atoms with Gasteiger partial charge in [-0.1, -0.05) is 64.7 Å². The van der Waals surface area contributed by atoms with E-state index >= 15 is 0 Å². The fourth-order valence-electron chi connectivity index (χ4n) is 3.53. The molecule has 0 aromatic heterocycles. The quantitative estimate of drug-likeness (QED) is 0.794. The SMILES string of the molecule is CC(C)(C)c1ccccc1N(CC(=O)NC1CCCCCC1)S(C)(=O)=O. The largest absolute Gasteiger partial charge is 0.352 e. The lowest BCUT2D eigenvalue weighted by molar-refractivity contribution is -0.120. The fourth-order valence-corrected chi connectivity index (χ4v) is 4.40. The lowest BCUT2D eigenvalue weighted by Gasteiger charge is -2.30. The molecule has 6 heteroatoms. The number of para-hydroxylation sites is 1. The van der Waals surface area contributed by atoms with Gasteiger partial charge in [0.05, 0.1) is 11.9 Å². The van der Waals surface area contributed by atoms with Crippen LogP contribution in [0.4, 0.5) is 5.69 Å². The van der Waals surface area contributed by atoms with Crippen molar-refractivity contribution in [1.29, 1.82) is 0 Å². The summed E-state index contributed by atoms with van der Waals surface area (Å²) in [5.74, 6) is -0.231. The second kappa shape index (κ2) is 8.42. The van der Waals surface area contributed by atoms with Crippen LogP contribution in [-0.2, 0) is 20.2 Å². The van der Waals surface area contributed by atoms with Crippen LogP contribution in [-0.4, -0.2) is 33.2 Å². The van der Waals surface area contributed by atoms with E-state index in [-0.39, 0.29) is 23.9 Å². The molecule has 1 aromatic rings. The molecule has 0 saturated heterocycles. The summed E-state index contributed by atoms with van der Waals surface area (Å²) >= 11 is 0. The third-order valence-corrected chi connectivity index (χ3v) is 6.02. The summed E-state index contributed by atoms with van der Waals surface area (Å²) in [6, 6.07) is 7.57. The number of hydrogen-bond acceptors (Lipinski definition) is 3. The van der Waals surface area contributed by atoms with Gasteiger partial charge in [0, 0.05) is 6.04 Å². The van der Waals surface area contributed by atoms with Crippen LogP contribution < -0.4 is 9.62 Å². The molecule has 2 rings (SSSR count). The second-order valence-corrected chi connectivity index (χ2v) is 10.2. The molecule has 1 saturated carbocycles. The molecule has 0 heterocycles. The van der Waals surface area contributed by atoms with Crippen molar-refractivity contribution in [2.45, 2.75) is 70.8 Å². The van der Waals surface area contributed by atoms with Crippen molar-refractivity contribution in [3.63, 3.8) is 0 Å². The maximum absolute atomic E-state index is 12.6. The molecule has 5 nitrogen and oxygen atoms in total. The Kier molecular flexibility index (Phi) is 6.72. The number of sulfonamides is 1. The number of hydrogen-bond donors (Lipinski definition) is 1. The van der Waals surface area contributed by atoms with Crippen molar-refractivity contribution in [3.05, 3.63) is 29.8 Å². The van der Waals surface area contributed by atoms with Gasteiger partial charge >= 0.3 is 0 Å². The van der Waals surface area contributed by atoms with Crippen molar-refractivity contribution < 1.29 is 13.2 Å². The summed E-state index contributed by atoms with van der Waals surface area (Å²) in [5, 5.41) is 3.04. The first-order chi connectivity index (χ1) is 12.1. The molecule has 1 aromatic carbocycles. The first-order valence-electron chi connectivity index (χ1n) is 9.45. The fraction of sp³-hybridized carbons (Fsp3) is 0.650. The van der Waals surface area contributed by atoms with Gasteiger partial charge in [-0.05, 0) is 29.9 Å². The minimum atomic E-state index is -3.57. The summed E-state index contributed by atoms with van der Waals surface area (Å²) in [6.45, 7) is 5.94. The molecule has 1 aliphatic rings. The van der Waals surface area contributed by atoms with Crippen LogP contribution in [0.5, 0.6) is 0 Å². The topological polar surface area (TPSA) is 66.5 Å². The first kappa shape index (κ1) is 20.7. The highest BCUT2D eigenvalue weighted by molar-refractivity contribution is 7.92. The van der Waals surface area contributed by atoms with Crippen LogP contribution in [0.15, 0.2) is 24.3 Å². The molecule has 0 bridgehead atoms. The van der Waals surface area contributed by atoms with Crippen LogP contribution in [0.2, 0.25) is 0 Å². The summed E-state index contributed by atoms with van der Waals surface area (Å²) < 4.78 is 26.1. The van der Waals surface area contributed by atoms with Gasteiger partial charge in [0.1, 0.15) is 6.54 Å². The molecular formula is C20H32N2O3S. The molecule has 1 N–H and O–H groups in total. The number of benzene rings is 1. The lowest BCUT2D eigenvalue weighted by Crippen LogP contribution is -2.44. The van der Waals surface area contributed by atoms with Crippen LogP contribution in [0.3, 0.4) is 0 Å². The van der Waals surface area contributed by atoms with Gasteiger partial charge in [-0.25, -0.2) is 8.42 Å². The maximum atomic E-state index is 12.6. The van der Waals surface area contributed by atoms with Gasteiger partial charge < -0.3 is 5.32 Å². The van der Waals surface area contributed by atoms with Crippen LogP contribution in [0, 0.1) is 0 Å². The number of carbonyl (C=O) groups excluding carboxylic acids is 1. The predicted molar refractivity (Wildman–Crippen MR) is 107 cm³/mol. The Balaban J connectivity index is 2.23. The lowest BCUT2D eigenvalue weighted by atomic mass is 9.86. The van der Waals surface area contributed by atoms with Gasteiger partial charge in [0.2, 0.25) is 15.9 Å². The molecule has 0 spiro atoms. The third-order valence-electron chi connectivity index (χ3n) is 4.89. The van der Waals surface area contributed by atoms with Crippen LogP contribution in [0.25, 0.3) is 0 Å². The van der Waals surface area contributed by atoms with Gasteiger partial charge in [-0.2, -0.15) is 0 Å². The predicted octanol–water partition coefficient (Wildman–Crippen LogP) is 3.59. The molecular weight excluding hydrogens is 348 g/mol. The van der Waals surface area contributed by atoms with E-state index in [1.165, 1.54) is 17.1 Å². The van der Waals surface area contributed by atoms with E-state index < -0.39 is 10.0 Å². The summed E-state index contributed by atoms with van der Waals surface area (Å²) in [5.41, 5.74) is 1.27. The van der Waals surface area contributed by atoms with Crippen molar-refractivity contribution in [2.24, 2.45) is 0 Å². The van der Waals surface area contributed by atoms with E-state index in [4.69, 9.17) is 0 Å². The van der Waals surface area contributed by atoms with E-state index in [1.54, 1.807) is 6.07 Å². The minimum Gasteiger partial charge on any atom is -0.352 e. The molecule has 1 fully saturated rings. The number of carbonyl (C=O) groups is 1. The Hall–Kier alpha value is -1.56. The standard InChI is InChI=1S/C20H32N2O3S/c1-20(2,3)17-13-9-10-14-18(17)22(26(4,24)25)15-19(23)21-16-11-7-5-6-8-12-16/h9-10,13-14,16H,5-8,11-12,15H2,1-4H3,(H,21,23). The molecule has 1 amide bonds. The van der Waals surface area contributed by atoms with Crippen molar-refractivity contribution in [1.82, 2.24) is 5.32 Å². The normalized spacial score (nSPS) is 16.8. The second-order valence-electron chi connectivity index (χ2n) is 8.29. The summed E-state index contributed by atoms with van der Waals surface area (Å²) in [6.07, 6.45) is 7.76. The average Bonchev–Trinajstić information content (AvgIpc) is 2.79. The zero-order chi connectivity index (χ0) is 19.4. The highest BCUT2D eigenvalue weighted by atomic mass is 32.2. The van der Waals surface area contributed by atoms with Crippen LogP contribution >= 0.6 is 0 Å². The summed E-state index contributed by atoms with van der Waals surface area (Å²) in [7, 11) is -3.57. The first-order valence-corrected chi connectivity index (χ1v) is 11.3. The molecule has 0 radical (unpaired) electrons. The van der Waals surface area contributed by atoms with Crippen molar-refractivity contribution >= 4 is 21.6 Å². The highest BCUT2D eigenvalue weighted by Crippen LogP contribution is 2.33. The number of nitrogens with one attached hydrogen (secondary N) is 1. The van der Waals surface area contributed by atoms with E-state index in [9.17, 15) is 13.2 Å². The molecule has 0 atom stereocenters. The zero-order valence-corrected chi connectivity index (χ0v) is 17.2. The Morgan fingerprint density at radius 3 is 2.23 bits per heavy atom. The maximum Gasteiger partial charge on any atom is 0.240 e. The Morgan fingerprint density at radius 1 is 1.12 bits per heavy atom. The van der Waals surface area contributed by atoms with Crippen LogP contribution in [0.1, 0.15) is 64.9 Å². The van der Waals surface area contributed by atoms with E-state index in [0.29, 0.717) is 5.69 Å². The molecule has 146 valence electrons. The Bertz CT molecular complexity index is 715. The van der Waals surface area contributed by atoms with E-state index in [2.05, 4.69) is 5.32 Å². The van der Waals surface area contributed by atoms with E-state index in [1.807, 2.05) is 39.0 Å². The molecule has 26 heavy (non-hydrogen) atoms. The number of amides is 1. The average molecular weight is 381 g/mol. The zero-order valence-electron chi connectivity index (χ0n) is 16.4. The van der Waals surface area contributed by atoms with Gasteiger partial charge in [-0.3, -0.25) is 9.10 Å². The number of rotatable bonds is 5. The molecule has 0 aliphatic heterocycles.